The summed E-state index contributed by atoms with van der Waals surface area (Å²) in [6, 6.07) is 3.43. The number of carbonyl (C=O) groups excluding carboxylic acids is 1. The highest BCUT2D eigenvalue weighted by molar-refractivity contribution is 7.16. The fourth-order valence-corrected chi connectivity index (χ4v) is 5.94. The Morgan fingerprint density at radius 1 is 1.08 bits per heavy atom. The fourth-order valence-electron chi connectivity index (χ4n) is 4.78. The highest BCUT2D eigenvalue weighted by Crippen LogP contribution is 2.56. The first-order valence-corrected chi connectivity index (χ1v) is 12.4. The van der Waals surface area contributed by atoms with Gasteiger partial charge in [-0.3, -0.25) is 10.1 Å². The highest BCUT2D eigenvalue weighted by Gasteiger charge is 2.48. The van der Waals surface area contributed by atoms with E-state index in [0.717, 1.165) is 29.9 Å². The Labute approximate surface area is 215 Å². The Morgan fingerprint density at radius 2 is 1.73 bits per heavy atom. The van der Waals surface area contributed by atoms with Crippen molar-refractivity contribution >= 4 is 22.4 Å². The molecule has 1 N–H and O–H groups in total. The minimum absolute atomic E-state index is 0.00118. The minimum Gasteiger partial charge on any atom is -0.481 e. The average Bonchev–Trinajstić information content (AvgIpc) is 3.29. The lowest BCUT2D eigenvalue weighted by Gasteiger charge is -2.45. The van der Waals surface area contributed by atoms with E-state index in [1.807, 2.05) is 0 Å². The van der Waals surface area contributed by atoms with Crippen molar-refractivity contribution in [3.63, 3.8) is 0 Å². The summed E-state index contributed by atoms with van der Waals surface area (Å²) in [6.45, 7) is 4.33. The number of hydrogen-bond acceptors (Lipinski definition) is 8. The SMILES string of the molecule is COc1ncnc(OC)c1C(=O)Nc1nc2c(s1)C1(CCC(C)(C)CC1)Oc1cc(C(F)(F)F)ccc1-2. The topological polar surface area (TPSA) is 95.5 Å². The summed E-state index contributed by atoms with van der Waals surface area (Å²) in [5.74, 6) is -0.382. The van der Waals surface area contributed by atoms with Gasteiger partial charge in [0.25, 0.3) is 5.91 Å². The van der Waals surface area contributed by atoms with Gasteiger partial charge in [-0.25, -0.2) is 15.0 Å². The molecule has 1 aliphatic carbocycles. The quantitative estimate of drug-likeness (QED) is 0.434. The van der Waals surface area contributed by atoms with Crippen LogP contribution in [-0.4, -0.2) is 35.1 Å². The third kappa shape index (κ3) is 4.47. The van der Waals surface area contributed by atoms with Crippen molar-refractivity contribution in [3.8, 4) is 28.8 Å². The third-order valence-electron chi connectivity index (χ3n) is 6.93. The molecule has 5 rings (SSSR count). The number of fused-ring (bicyclic) bond motifs is 4. The van der Waals surface area contributed by atoms with Gasteiger partial charge in [-0.05, 0) is 49.3 Å². The lowest BCUT2D eigenvalue weighted by atomic mass is 9.69. The van der Waals surface area contributed by atoms with Crippen molar-refractivity contribution in [3.05, 3.63) is 40.5 Å². The van der Waals surface area contributed by atoms with E-state index in [1.165, 1.54) is 38.0 Å². The van der Waals surface area contributed by atoms with Crippen LogP contribution in [0.4, 0.5) is 18.3 Å². The summed E-state index contributed by atoms with van der Waals surface area (Å²) in [7, 11) is 2.75. The Hall–Kier alpha value is -3.41. The molecule has 3 aromatic rings. The molecule has 3 heterocycles. The molecule has 1 amide bonds. The van der Waals surface area contributed by atoms with Gasteiger partial charge in [0.15, 0.2) is 10.7 Å². The molecule has 1 aliphatic heterocycles. The molecule has 1 saturated carbocycles. The van der Waals surface area contributed by atoms with Crippen LogP contribution in [-0.2, 0) is 11.8 Å². The van der Waals surface area contributed by atoms with E-state index >= 15 is 0 Å². The third-order valence-corrected chi connectivity index (χ3v) is 8.09. The van der Waals surface area contributed by atoms with Gasteiger partial charge in [0, 0.05) is 5.56 Å². The average molecular weight is 535 g/mol. The van der Waals surface area contributed by atoms with E-state index in [2.05, 4.69) is 34.1 Å². The number of hydrogen-bond donors (Lipinski definition) is 1. The van der Waals surface area contributed by atoms with Gasteiger partial charge in [0.2, 0.25) is 11.8 Å². The Kier molecular flexibility index (Phi) is 6.05. The number of thiazole rings is 1. The van der Waals surface area contributed by atoms with Gasteiger partial charge < -0.3 is 14.2 Å². The number of benzene rings is 1. The first kappa shape index (κ1) is 25.2. The van der Waals surface area contributed by atoms with Crippen LogP contribution < -0.4 is 19.5 Å². The summed E-state index contributed by atoms with van der Waals surface area (Å²) >= 11 is 1.25. The number of aromatic nitrogens is 3. The predicted octanol–water partition coefficient (Wildman–Crippen LogP) is 6.08. The minimum atomic E-state index is -4.50. The van der Waals surface area contributed by atoms with E-state index in [9.17, 15) is 18.0 Å². The number of halogens is 3. The number of alkyl halides is 3. The molecular weight excluding hydrogens is 509 g/mol. The zero-order valence-corrected chi connectivity index (χ0v) is 21.5. The van der Waals surface area contributed by atoms with Crippen molar-refractivity contribution in [2.75, 3.05) is 19.5 Å². The number of carbonyl (C=O) groups is 1. The maximum atomic E-state index is 13.5. The monoisotopic (exact) mass is 534 g/mol. The molecule has 1 fully saturated rings. The largest absolute Gasteiger partial charge is 0.481 e. The first-order valence-electron chi connectivity index (χ1n) is 11.6. The van der Waals surface area contributed by atoms with Crippen molar-refractivity contribution in [1.29, 1.82) is 0 Å². The van der Waals surface area contributed by atoms with E-state index < -0.39 is 23.2 Å². The zero-order chi connectivity index (χ0) is 26.6. The molecule has 2 aliphatic rings. The van der Waals surface area contributed by atoms with Gasteiger partial charge in [-0.1, -0.05) is 25.2 Å². The Balaban J connectivity index is 1.57. The number of amides is 1. The van der Waals surface area contributed by atoms with Gasteiger partial charge in [-0.2, -0.15) is 13.2 Å². The molecule has 37 heavy (non-hydrogen) atoms. The second-order valence-corrected chi connectivity index (χ2v) is 10.9. The van der Waals surface area contributed by atoms with Crippen LogP contribution in [0.5, 0.6) is 17.5 Å². The summed E-state index contributed by atoms with van der Waals surface area (Å²) in [6.07, 6.45) is -0.392. The number of methoxy groups -OCH3 is 2. The van der Waals surface area contributed by atoms with Crippen molar-refractivity contribution < 1.29 is 32.2 Å². The number of rotatable bonds is 4. The maximum Gasteiger partial charge on any atom is 0.416 e. The van der Waals surface area contributed by atoms with Crippen LogP contribution >= 0.6 is 11.3 Å². The summed E-state index contributed by atoms with van der Waals surface area (Å²) in [5, 5.41) is 3.03. The van der Waals surface area contributed by atoms with Crippen LogP contribution in [0.3, 0.4) is 0 Å². The van der Waals surface area contributed by atoms with Crippen LogP contribution in [0, 0.1) is 5.41 Å². The molecule has 1 aromatic carbocycles. The Bertz CT molecular complexity index is 1340. The standard InChI is InChI=1S/C25H25F3N4O4S/c1-23(2)7-9-24(10-8-23)18-17(14-6-5-13(25(26,27)28)11-15(14)36-24)31-22(37-18)32-19(33)16-20(34-3)29-12-30-21(16)35-4/h5-6,11-12H,7-10H2,1-4H3,(H,31,32,33). The molecule has 0 unspecified atom stereocenters. The fraction of sp³-hybridized carbons (Fsp3) is 0.440. The number of nitrogens with zero attached hydrogens (tertiary/aromatic N) is 3. The van der Waals surface area contributed by atoms with Crippen LogP contribution in [0.25, 0.3) is 11.3 Å². The molecule has 8 nitrogen and oxygen atoms in total. The smallest absolute Gasteiger partial charge is 0.416 e. The number of anilines is 1. The molecule has 0 saturated heterocycles. The highest BCUT2D eigenvalue weighted by atomic mass is 32.1. The van der Waals surface area contributed by atoms with Crippen molar-refractivity contribution in [2.45, 2.75) is 51.3 Å². The van der Waals surface area contributed by atoms with Crippen LogP contribution in [0.15, 0.2) is 24.5 Å². The second kappa shape index (κ2) is 8.86. The summed E-state index contributed by atoms with van der Waals surface area (Å²) in [5.41, 5.74) is -0.556. The van der Waals surface area contributed by atoms with Gasteiger partial charge >= 0.3 is 6.18 Å². The lowest BCUT2D eigenvalue weighted by Crippen LogP contribution is -2.41. The summed E-state index contributed by atoms with van der Waals surface area (Å²) < 4.78 is 57.2. The first-order chi connectivity index (χ1) is 17.5. The number of nitrogens with one attached hydrogen (secondary N) is 1. The second-order valence-electron chi connectivity index (χ2n) is 9.89. The molecule has 0 radical (unpaired) electrons. The van der Waals surface area contributed by atoms with Gasteiger partial charge in [-0.15, -0.1) is 0 Å². The molecule has 0 bridgehead atoms. The molecule has 12 heteroatoms. The number of ether oxygens (including phenoxy) is 3. The molecule has 2 aromatic heterocycles. The van der Waals surface area contributed by atoms with E-state index in [0.29, 0.717) is 24.1 Å². The van der Waals surface area contributed by atoms with Crippen molar-refractivity contribution in [2.24, 2.45) is 5.41 Å². The Morgan fingerprint density at radius 3 is 2.32 bits per heavy atom. The van der Waals surface area contributed by atoms with Crippen LogP contribution in [0.2, 0.25) is 0 Å². The molecular formula is C25H25F3N4O4S. The summed E-state index contributed by atoms with van der Waals surface area (Å²) in [4.78, 5) is 26.6. The molecule has 1 spiro atoms. The predicted molar refractivity (Wildman–Crippen MR) is 130 cm³/mol. The normalized spacial score (nSPS) is 17.4. The van der Waals surface area contributed by atoms with Gasteiger partial charge in [0.05, 0.1) is 30.4 Å². The van der Waals surface area contributed by atoms with E-state index in [4.69, 9.17) is 14.2 Å². The van der Waals surface area contributed by atoms with E-state index in [-0.39, 0.29) is 33.6 Å². The van der Waals surface area contributed by atoms with E-state index in [1.54, 1.807) is 0 Å². The molecule has 196 valence electrons. The zero-order valence-electron chi connectivity index (χ0n) is 20.7. The van der Waals surface area contributed by atoms with Gasteiger partial charge in [0.1, 0.15) is 17.7 Å². The van der Waals surface area contributed by atoms with Crippen molar-refractivity contribution in [1.82, 2.24) is 15.0 Å². The maximum absolute atomic E-state index is 13.5. The van der Waals surface area contributed by atoms with Crippen LogP contribution in [0.1, 0.15) is 60.3 Å². The molecule has 0 atom stereocenters. The lowest BCUT2D eigenvalue weighted by molar-refractivity contribution is -0.137.